The first-order chi connectivity index (χ1) is 19.3. The second-order valence-corrected chi connectivity index (χ2v) is 11.2. The van der Waals surface area contributed by atoms with Crippen molar-refractivity contribution in [3.63, 3.8) is 0 Å². The second-order valence-electron chi connectivity index (χ2n) is 11.2. The molecule has 0 saturated carbocycles. The normalized spacial score (nSPS) is 19.9. The number of hydrogen-bond donors (Lipinski definition) is 0. The summed E-state index contributed by atoms with van der Waals surface area (Å²) < 4.78 is 17.7. The third-order valence-electron chi connectivity index (χ3n) is 7.39. The molecule has 0 radical (unpaired) electrons. The molecule has 1 aliphatic heterocycles. The molecule has 0 spiro atoms. The minimum Gasteiger partial charge on any atom is -0.490 e. The molecule has 0 N–H and O–H groups in total. The summed E-state index contributed by atoms with van der Waals surface area (Å²) in [7, 11) is 0. The third kappa shape index (κ3) is 6.17. The van der Waals surface area contributed by atoms with Crippen LogP contribution in [0.2, 0.25) is 0 Å². The number of carbonyl (C=O) groups is 2. The highest BCUT2D eigenvalue weighted by molar-refractivity contribution is 6.09. The maximum Gasteiger partial charge on any atom is 0.315 e. The van der Waals surface area contributed by atoms with Gasteiger partial charge >= 0.3 is 5.97 Å². The maximum absolute atomic E-state index is 13.7. The number of para-hydroxylation sites is 2. The molecule has 0 amide bonds. The van der Waals surface area contributed by atoms with E-state index in [-0.39, 0.29) is 24.4 Å². The van der Waals surface area contributed by atoms with Crippen molar-refractivity contribution in [1.29, 1.82) is 0 Å². The Labute approximate surface area is 235 Å². The van der Waals surface area contributed by atoms with Crippen LogP contribution in [0.4, 0.5) is 0 Å². The highest BCUT2D eigenvalue weighted by atomic mass is 16.6. The van der Waals surface area contributed by atoms with Gasteiger partial charge < -0.3 is 14.2 Å². The standard InChI is InChI=1S/C34H35NO5/c1-23-30(33(37)39-19-18-38-25-14-8-5-9-15-25)31(32-27(35-23)20-34(2,3)21-28(32)36)26-16-10-11-17-29(26)40-22-24-12-6-4-7-13-24/h4-17,30-31H,18-22H2,1-3H3/t30?,31-/m1/s1. The van der Waals surface area contributed by atoms with E-state index < -0.39 is 17.8 Å². The highest BCUT2D eigenvalue weighted by Gasteiger charge is 2.46. The molecule has 206 valence electrons. The molecule has 6 nitrogen and oxygen atoms in total. The summed E-state index contributed by atoms with van der Waals surface area (Å²) in [5.41, 5.74) is 3.62. The monoisotopic (exact) mass is 537 g/mol. The van der Waals surface area contributed by atoms with Gasteiger partial charge in [0.25, 0.3) is 0 Å². The lowest BCUT2D eigenvalue weighted by Crippen LogP contribution is -2.40. The largest absolute Gasteiger partial charge is 0.490 e. The number of aliphatic imine (C=N–C) groups is 1. The van der Waals surface area contributed by atoms with Gasteiger partial charge in [0.1, 0.15) is 37.2 Å². The van der Waals surface area contributed by atoms with E-state index in [9.17, 15) is 9.59 Å². The Morgan fingerprint density at radius 1 is 0.875 bits per heavy atom. The van der Waals surface area contributed by atoms with Crippen LogP contribution in [0.3, 0.4) is 0 Å². The molecular weight excluding hydrogens is 502 g/mol. The number of benzene rings is 3. The Kier molecular flexibility index (Phi) is 8.15. The predicted molar refractivity (Wildman–Crippen MR) is 154 cm³/mol. The van der Waals surface area contributed by atoms with Crippen molar-refractivity contribution >= 4 is 17.5 Å². The molecular formula is C34H35NO5. The Morgan fingerprint density at radius 2 is 1.55 bits per heavy atom. The maximum atomic E-state index is 13.7. The molecule has 0 bridgehead atoms. The number of ketones is 1. The van der Waals surface area contributed by atoms with Gasteiger partial charge in [-0.25, -0.2) is 0 Å². The van der Waals surface area contributed by atoms with E-state index in [1.807, 2.05) is 91.9 Å². The summed E-state index contributed by atoms with van der Waals surface area (Å²) >= 11 is 0. The van der Waals surface area contributed by atoms with Crippen LogP contribution in [-0.4, -0.2) is 30.7 Å². The number of nitrogens with zero attached hydrogens (tertiary/aromatic N) is 1. The Hall–Kier alpha value is -4.19. The van der Waals surface area contributed by atoms with Crippen molar-refractivity contribution in [2.24, 2.45) is 16.3 Å². The van der Waals surface area contributed by atoms with Crippen LogP contribution in [0, 0.1) is 11.3 Å². The van der Waals surface area contributed by atoms with Crippen LogP contribution >= 0.6 is 0 Å². The molecule has 6 heteroatoms. The molecule has 1 aliphatic carbocycles. The summed E-state index contributed by atoms with van der Waals surface area (Å²) in [6.45, 7) is 6.70. The number of allylic oxidation sites excluding steroid dienone is 2. The number of hydrogen-bond acceptors (Lipinski definition) is 6. The van der Waals surface area contributed by atoms with Crippen molar-refractivity contribution < 1.29 is 23.8 Å². The summed E-state index contributed by atoms with van der Waals surface area (Å²) in [5.74, 6) is -0.351. The molecule has 2 atom stereocenters. The molecule has 1 heterocycles. The lowest BCUT2D eigenvalue weighted by molar-refractivity contribution is -0.147. The number of Topliss-reactive ketones (excluding diaryl/α,β-unsaturated/α-hetero) is 1. The number of esters is 1. The van der Waals surface area contributed by atoms with Crippen LogP contribution in [0.1, 0.15) is 50.7 Å². The minimum atomic E-state index is -0.748. The molecule has 0 aromatic heterocycles. The first-order valence-electron chi connectivity index (χ1n) is 13.7. The van der Waals surface area contributed by atoms with Gasteiger partial charge in [-0.1, -0.05) is 80.6 Å². The first-order valence-corrected chi connectivity index (χ1v) is 13.7. The lowest BCUT2D eigenvalue weighted by Gasteiger charge is -2.39. The molecule has 40 heavy (non-hydrogen) atoms. The summed E-state index contributed by atoms with van der Waals surface area (Å²) in [6.07, 6.45) is 1.07. The van der Waals surface area contributed by atoms with Crippen LogP contribution in [-0.2, 0) is 20.9 Å². The minimum absolute atomic E-state index is 0.0237. The average molecular weight is 538 g/mol. The van der Waals surface area contributed by atoms with E-state index in [0.29, 0.717) is 42.2 Å². The molecule has 3 aromatic carbocycles. The van der Waals surface area contributed by atoms with Crippen molar-refractivity contribution in [3.05, 3.63) is 107 Å². The van der Waals surface area contributed by atoms with E-state index in [1.54, 1.807) is 0 Å². The Morgan fingerprint density at radius 3 is 2.30 bits per heavy atom. The topological polar surface area (TPSA) is 74.2 Å². The quantitative estimate of drug-likeness (QED) is 0.224. The van der Waals surface area contributed by atoms with E-state index in [2.05, 4.69) is 13.8 Å². The molecule has 0 saturated heterocycles. The van der Waals surface area contributed by atoms with Gasteiger partial charge in [-0.3, -0.25) is 14.6 Å². The van der Waals surface area contributed by atoms with Crippen LogP contribution in [0.5, 0.6) is 11.5 Å². The van der Waals surface area contributed by atoms with Crippen LogP contribution in [0.25, 0.3) is 0 Å². The van der Waals surface area contributed by atoms with E-state index in [1.165, 1.54) is 0 Å². The lowest BCUT2D eigenvalue weighted by atomic mass is 9.66. The van der Waals surface area contributed by atoms with Gasteiger partial charge in [0.2, 0.25) is 0 Å². The van der Waals surface area contributed by atoms with Crippen molar-refractivity contribution in [2.75, 3.05) is 13.2 Å². The first kappa shape index (κ1) is 27.4. The average Bonchev–Trinajstić information content (AvgIpc) is 2.94. The number of carbonyl (C=O) groups excluding carboxylic acids is 2. The fourth-order valence-corrected chi connectivity index (χ4v) is 5.60. The number of rotatable bonds is 9. The Balaban J connectivity index is 1.44. The van der Waals surface area contributed by atoms with Gasteiger partial charge in [0, 0.05) is 34.9 Å². The van der Waals surface area contributed by atoms with E-state index in [0.717, 1.165) is 16.8 Å². The molecule has 5 rings (SSSR count). The second kappa shape index (κ2) is 11.9. The van der Waals surface area contributed by atoms with Crippen LogP contribution in [0.15, 0.2) is 101 Å². The number of ether oxygens (including phenoxy) is 3. The van der Waals surface area contributed by atoms with Crippen molar-refractivity contribution in [2.45, 2.75) is 46.1 Å². The zero-order valence-electron chi connectivity index (χ0n) is 23.3. The zero-order valence-corrected chi connectivity index (χ0v) is 23.3. The molecule has 3 aromatic rings. The summed E-state index contributed by atoms with van der Waals surface area (Å²) in [5, 5.41) is 0. The SMILES string of the molecule is CC1=NC2=C(C(=O)CC(C)(C)C2)[C@H](c2ccccc2OCc2ccccc2)C1C(=O)OCCOc1ccccc1. The van der Waals surface area contributed by atoms with Crippen LogP contribution < -0.4 is 9.47 Å². The Bertz CT molecular complexity index is 1420. The fraction of sp³-hybridized carbons (Fsp3) is 0.324. The van der Waals surface area contributed by atoms with E-state index >= 15 is 0 Å². The molecule has 0 fully saturated rings. The fourth-order valence-electron chi connectivity index (χ4n) is 5.60. The van der Waals surface area contributed by atoms with Gasteiger partial charge in [-0.05, 0) is 42.5 Å². The van der Waals surface area contributed by atoms with Gasteiger partial charge in [-0.2, -0.15) is 0 Å². The molecule has 2 aliphatic rings. The third-order valence-corrected chi connectivity index (χ3v) is 7.39. The summed E-state index contributed by atoms with van der Waals surface area (Å²) in [4.78, 5) is 32.2. The summed E-state index contributed by atoms with van der Waals surface area (Å²) in [6, 6.07) is 27.0. The van der Waals surface area contributed by atoms with Crippen molar-refractivity contribution in [1.82, 2.24) is 0 Å². The van der Waals surface area contributed by atoms with Crippen molar-refractivity contribution in [3.8, 4) is 11.5 Å². The highest BCUT2D eigenvalue weighted by Crippen LogP contribution is 2.49. The zero-order chi connectivity index (χ0) is 28.1. The van der Waals surface area contributed by atoms with E-state index in [4.69, 9.17) is 19.2 Å². The molecule has 1 unspecified atom stereocenters. The van der Waals surface area contributed by atoms with Gasteiger partial charge in [-0.15, -0.1) is 0 Å². The smallest absolute Gasteiger partial charge is 0.315 e. The van der Waals surface area contributed by atoms with Gasteiger partial charge in [0.15, 0.2) is 5.78 Å². The predicted octanol–water partition coefficient (Wildman–Crippen LogP) is 6.71. The van der Waals surface area contributed by atoms with Gasteiger partial charge in [0.05, 0.1) is 0 Å².